The minimum absolute atomic E-state index is 0.0688. The number of hydrogen-bond acceptors (Lipinski definition) is 4. The molecule has 31 heavy (non-hydrogen) atoms. The number of carbonyl (C=O) groups is 2. The zero-order chi connectivity index (χ0) is 22.2. The van der Waals surface area contributed by atoms with Crippen molar-refractivity contribution in [3.05, 3.63) is 35.6 Å². The van der Waals surface area contributed by atoms with Crippen LogP contribution in [0.15, 0.2) is 24.3 Å². The smallest absolute Gasteiger partial charge is 0.253 e. The molecule has 0 radical (unpaired) electrons. The zero-order valence-corrected chi connectivity index (χ0v) is 19.0. The number of piperazine rings is 1. The Morgan fingerprint density at radius 1 is 1.06 bits per heavy atom. The second-order valence-corrected chi connectivity index (χ2v) is 8.64. The highest BCUT2D eigenvalue weighted by atomic mass is 19.1. The summed E-state index contributed by atoms with van der Waals surface area (Å²) < 4.78 is 13.2. The number of rotatable bonds is 9. The Morgan fingerprint density at radius 3 is 2.26 bits per heavy atom. The van der Waals surface area contributed by atoms with Gasteiger partial charge < -0.3 is 15.1 Å². The van der Waals surface area contributed by atoms with Crippen molar-refractivity contribution in [2.24, 2.45) is 5.92 Å². The number of hydrogen-bond donors (Lipinski definition) is 1. The lowest BCUT2D eigenvalue weighted by Crippen LogP contribution is -2.58. The van der Waals surface area contributed by atoms with Crippen molar-refractivity contribution < 1.29 is 14.0 Å². The van der Waals surface area contributed by atoms with Crippen LogP contribution < -0.4 is 5.32 Å². The van der Waals surface area contributed by atoms with E-state index in [9.17, 15) is 14.0 Å². The van der Waals surface area contributed by atoms with Crippen LogP contribution >= 0.6 is 0 Å². The molecule has 7 heteroatoms. The summed E-state index contributed by atoms with van der Waals surface area (Å²) in [5.41, 5.74) is 0.510. The van der Waals surface area contributed by atoms with Gasteiger partial charge in [0.15, 0.2) is 0 Å². The van der Waals surface area contributed by atoms with Crippen LogP contribution in [0.25, 0.3) is 0 Å². The van der Waals surface area contributed by atoms with E-state index < -0.39 is 0 Å². The summed E-state index contributed by atoms with van der Waals surface area (Å²) in [4.78, 5) is 32.3. The number of nitrogens with one attached hydrogen (secondary N) is 1. The highest BCUT2D eigenvalue weighted by Crippen LogP contribution is 2.31. The van der Waals surface area contributed by atoms with E-state index in [1.807, 2.05) is 4.90 Å². The summed E-state index contributed by atoms with van der Waals surface area (Å²) in [6.45, 7) is 10.4. The van der Waals surface area contributed by atoms with Gasteiger partial charge in [-0.15, -0.1) is 0 Å². The average Bonchev–Trinajstić information content (AvgIpc) is 3.32. The lowest BCUT2D eigenvalue weighted by atomic mass is 9.95. The van der Waals surface area contributed by atoms with E-state index in [1.165, 1.54) is 37.1 Å². The van der Waals surface area contributed by atoms with Gasteiger partial charge in [-0.2, -0.15) is 0 Å². The predicted octanol–water partition coefficient (Wildman–Crippen LogP) is 2.60. The predicted molar refractivity (Wildman–Crippen MR) is 120 cm³/mol. The first-order valence-electron chi connectivity index (χ1n) is 11.8. The Hall–Kier alpha value is -1.99. The average molecular weight is 433 g/mol. The van der Waals surface area contributed by atoms with Crippen LogP contribution in [0, 0.1) is 11.7 Å². The molecule has 1 aliphatic carbocycles. The highest BCUT2D eigenvalue weighted by molar-refractivity contribution is 5.94. The van der Waals surface area contributed by atoms with Crippen LogP contribution in [-0.2, 0) is 4.79 Å². The second-order valence-electron chi connectivity index (χ2n) is 8.64. The van der Waals surface area contributed by atoms with Gasteiger partial charge in [0.2, 0.25) is 5.91 Å². The maximum atomic E-state index is 13.2. The molecule has 1 atom stereocenters. The molecule has 1 aliphatic heterocycles. The van der Waals surface area contributed by atoms with Gasteiger partial charge in [-0.25, -0.2) is 4.39 Å². The number of carbonyl (C=O) groups excluding carboxylic acids is 2. The van der Waals surface area contributed by atoms with Crippen molar-refractivity contribution in [3.8, 4) is 0 Å². The largest absolute Gasteiger partial charge is 0.353 e. The van der Waals surface area contributed by atoms with Crippen LogP contribution in [0.4, 0.5) is 4.39 Å². The monoisotopic (exact) mass is 432 g/mol. The SMILES string of the molecule is CCN(CC)CCNC(=O)C(C1CCCC1)N1CCN(C(=O)c2ccc(F)cc2)CC1. The molecule has 1 saturated carbocycles. The van der Waals surface area contributed by atoms with E-state index in [0.29, 0.717) is 44.2 Å². The number of amides is 2. The molecule has 2 fully saturated rings. The van der Waals surface area contributed by atoms with E-state index in [1.54, 1.807) is 0 Å². The van der Waals surface area contributed by atoms with Crippen molar-refractivity contribution in [2.45, 2.75) is 45.6 Å². The van der Waals surface area contributed by atoms with Gasteiger partial charge in [0.25, 0.3) is 5.91 Å². The molecule has 1 aromatic carbocycles. The summed E-state index contributed by atoms with van der Waals surface area (Å²) in [5, 5.41) is 3.18. The first-order chi connectivity index (χ1) is 15.0. The third kappa shape index (κ3) is 6.26. The first kappa shape index (κ1) is 23.7. The van der Waals surface area contributed by atoms with Crippen LogP contribution in [0.3, 0.4) is 0 Å². The van der Waals surface area contributed by atoms with Crippen molar-refractivity contribution in [2.75, 3.05) is 52.4 Å². The molecule has 1 heterocycles. The van der Waals surface area contributed by atoms with Gasteiger partial charge in [-0.3, -0.25) is 14.5 Å². The van der Waals surface area contributed by atoms with Gasteiger partial charge in [0, 0.05) is 44.8 Å². The van der Waals surface area contributed by atoms with Crippen LogP contribution in [0.1, 0.15) is 49.9 Å². The van der Waals surface area contributed by atoms with Gasteiger partial charge in [0.1, 0.15) is 5.82 Å². The summed E-state index contributed by atoms with van der Waals surface area (Å²) in [6, 6.07) is 5.61. The Morgan fingerprint density at radius 2 is 1.68 bits per heavy atom. The summed E-state index contributed by atoms with van der Waals surface area (Å²) in [5.74, 6) is 0.124. The Kier molecular flexibility index (Phi) is 8.84. The maximum absolute atomic E-state index is 13.2. The highest BCUT2D eigenvalue weighted by Gasteiger charge is 2.37. The molecule has 0 spiro atoms. The third-order valence-corrected chi connectivity index (χ3v) is 6.82. The lowest BCUT2D eigenvalue weighted by molar-refractivity contribution is -0.129. The quantitative estimate of drug-likeness (QED) is 0.652. The zero-order valence-electron chi connectivity index (χ0n) is 19.0. The van der Waals surface area contributed by atoms with Crippen molar-refractivity contribution in [1.82, 2.24) is 20.0 Å². The fraction of sp³-hybridized carbons (Fsp3) is 0.667. The van der Waals surface area contributed by atoms with E-state index in [-0.39, 0.29) is 23.7 Å². The fourth-order valence-electron chi connectivity index (χ4n) is 4.91. The molecular formula is C24H37FN4O2. The minimum Gasteiger partial charge on any atom is -0.353 e. The van der Waals surface area contributed by atoms with Crippen molar-refractivity contribution in [3.63, 3.8) is 0 Å². The van der Waals surface area contributed by atoms with E-state index in [4.69, 9.17) is 0 Å². The van der Waals surface area contributed by atoms with Crippen LogP contribution in [0.2, 0.25) is 0 Å². The maximum Gasteiger partial charge on any atom is 0.253 e. The fourth-order valence-corrected chi connectivity index (χ4v) is 4.91. The molecule has 0 aromatic heterocycles. The normalized spacial score (nSPS) is 19.0. The molecule has 1 N–H and O–H groups in total. The Balaban J connectivity index is 1.57. The lowest BCUT2D eigenvalue weighted by Gasteiger charge is -2.40. The van der Waals surface area contributed by atoms with E-state index >= 15 is 0 Å². The number of halogens is 1. The first-order valence-corrected chi connectivity index (χ1v) is 11.8. The molecule has 2 aliphatic rings. The molecule has 6 nitrogen and oxygen atoms in total. The molecule has 0 bridgehead atoms. The van der Waals surface area contributed by atoms with Crippen molar-refractivity contribution in [1.29, 1.82) is 0 Å². The number of likely N-dealkylation sites (N-methyl/N-ethyl adjacent to an activating group) is 1. The summed E-state index contributed by atoms with van der Waals surface area (Å²) >= 11 is 0. The molecule has 1 aromatic rings. The van der Waals surface area contributed by atoms with Gasteiger partial charge >= 0.3 is 0 Å². The van der Waals surface area contributed by atoms with Crippen molar-refractivity contribution >= 4 is 11.8 Å². The van der Waals surface area contributed by atoms with Gasteiger partial charge in [-0.05, 0) is 56.1 Å². The molecule has 1 unspecified atom stereocenters. The van der Waals surface area contributed by atoms with Crippen LogP contribution in [-0.4, -0.2) is 84.9 Å². The molecule has 1 saturated heterocycles. The summed E-state index contributed by atoms with van der Waals surface area (Å²) in [7, 11) is 0. The Bertz CT molecular complexity index is 709. The molecule has 2 amide bonds. The molecule has 3 rings (SSSR count). The van der Waals surface area contributed by atoms with Gasteiger partial charge in [0.05, 0.1) is 6.04 Å². The number of benzene rings is 1. The van der Waals surface area contributed by atoms with E-state index in [0.717, 1.165) is 32.5 Å². The molecular weight excluding hydrogens is 395 g/mol. The van der Waals surface area contributed by atoms with Gasteiger partial charge in [-0.1, -0.05) is 26.7 Å². The van der Waals surface area contributed by atoms with E-state index in [2.05, 4.69) is 29.0 Å². The minimum atomic E-state index is -0.340. The topological polar surface area (TPSA) is 55.9 Å². The summed E-state index contributed by atoms with van der Waals surface area (Å²) in [6.07, 6.45) is 4.58. The Labute approximate surface area is 185 Å². The van der Waals surface area contributed by atoms with Crippen LogP contribution in [0.5, 0.6) is 0 Å². The standard InChI is InChI=1S/C24H37FN4O2/c1-3-27(4-2)14-13-26-23(30)22(19-7-5-6-8-19)28-15-17-29(18-16-28)24(31)20-9-11-21(25)12-10-20/h9-12,19,22H,3-8,13-18H2,1-2H3,(H,26,30). The second kappa shape index (κ2) is 11.6. The molecule has 172 valence electrons. The number of nitrogens with zero attached hydrogens (tertiary/aromatic N) is 3. The third-order valence-electron chi connectivity index (χ3n) is 6.82.